The van der Waals surface area contributed by atoms with Gasteiger partial charge >= 0.3 is 0 Å². The van der Waals surface area contributed by atoms with Gasteiger partial charge in [-0.3, -0.25) is 0 Å². The number of phenolic OH excluding ortho intramolecular Hbond substituents is 4. The lowest BCUT2D eigenvalue weighted by atomic mass is 9.94. The van der Waals surface area contributed by atoms with Gasteiger partial charge in [-0.2, -0.15) is 0 Å². The van der Waals surface area contributed by atoms with Crippen LogP contribution in [0.5, 0.6) is 28.7 Å². The second-order valence-electron chi connectivity index (χ2n) is 5.01. The molecular formula is C15H14O6. The van der Waals surface area contributed by atoms with Gasteiger partial charge in [0, 0.05) is 18.1 Å². The lowest BCUT2D eigenvalue weighted by Crippen LogP contribution is -2.30. The van der Waals surface area contributed by atoms with Crippen molar-refractivity contribution in [3.05, 3.63) is 41.5 Å². The number of benzene rings is 2. The molecule has 0 spiro atoms. The summed E-state index contributed by atoms with van der Waals surface area (Å²) in [7, 11) is 0. The van der Waals surface area contributed by atoms with Crippen LogP contribution in [-0.4, -0.2) is 31.6 Å². The summed E-state index contributed by atoms with van der Waals surface area (Å²) in [5.74, 6) is -1.15. The molecule has 110 valence electrons. The summed E-state index contributed by atoms with van der Waals surface area (Å²) < 4.78 is 5.65. The summed E-state index contributed by atoms with van der Waals surface area (Å²) in [4.78, 5) is 0. The smallest absolute Gasteiger partial charge is 0.200 e. The summed E-state index contributed by atoms with van der Waals surface area (Å²) >= 11 is 0. The van der Waals surface area contributed by atoms with E-state index in [9.17, 15) is 25.5 Å². The Morgan fingerprint density at radius 3 is 2.29 bits per heavy atom. The standard InChI is InChI=1S/C15H14O6/c16-9-2-1-7-3-12(19)15(21-13(7)6-9)8-4-10(17)14(20)11(18)5-8/h1-2,4-6,12,15-20H,3H2/t12-,15+/m1/s1. The highest BCUT2D eigenvalue weighted by atomic mass is 16.5. The summed E-state index contributed by atoms with van der Waals surface area (Å²) in [6, 6.07) is 7.05. The highest BCUT2D eigenvalue weighted by Crippen LogP contribution is 2.42. The molecule has 0 aliphatic carbocycles. The molecule has 2 aromatic rings. The Balaban J connectivity index is 2.00. The largest absolute Gasteiger partial charge is 0.508 e. The lowest BCUT2D eigenvalue weighted by molar-refractivity contribution is 0.0204. The van der Waals surface area contributed by atoms with Gasteiger partial charge in [0.1, 0.15) is 11.5 Å². The highest BCUT2D eigenvalue weighted by molar-refractivity contribution is 5.52. The van der Waals surface area contributed by atoms with Crippen molar-refractivity contribution < 1.29 is 30.3 Å². The van der Waals surface area contributed by atoms with Gasteiger partial charge in [0.2, 0.25) is 0 Å². The van der Waals surface area contributed by atoms with Crippen LogP contribution >= 0.6 is 0 Å². The molecule has 1 heterocycles. The fourth-order valence-corrected chi connectivity index (χ4v) is 2.45. The number of hydrogen-bond donors (Lipinski definition) is 5. The third kappa shape index (κ3) is 2.30. The van der Waals surface area contributed by atoms with Crippen molar-refractivity contribution in [3.8, 4) is 28.7 Å². The van der Waals surface area contributed by atoms with Gasteiger partial charge < -0.3 is 30.3 Å². The molecule has 1 aliphatic heterocycles. The maximum atomic E-state index is 10.2. The topological polar surface area (TPSA) is 110 Å². The first-order valence-electron chi connectivity index (χ1n) is 6.37. The number of aliphatic hydroxyl groups excluding tert-OH is 1. The Morgan fingerprint density at radius 2 is 1.62 bits per heavy atom. The molecule has 0 saturated carbocycles. The fourth-order valence-electron chi connectivity index (χ4n) is 2.45. The number of aliphatic hydroxyl groups is 1. The Hall–Kier alpha value is -2.60. The van der Waals surface area contributed by atoms with Crippen molar-refractivity contribution in [1.29, 1.82) is 0 Å². The first-order valence-corrected chi connectivity index (χ1v) is 6.37. The van der Waals surface area contributed by atoms with Gasteiger partial charge in [0.05, 0.1) is 6.10 Å². The maximum absolute atomic E-state index is 10.2. The van der Waals surface area contributed by atoms with Gasteiger partial charge in [0.15, 0.2) is 23.4 Å². The van der Waals surface area contributed by atoms with E-state index in [0.717, 1.165) is 5.56 Å². The van der Waals surface area contributed by atoms with E-state index in [0.29, 0.717) is 17.7 Å². The Bertz CT molecular complexity index is 674. The number of aromatic hydroxyl groups is 4. The minimum atomic E-state index is -0.884. The van der Waals surface area contributed by atoms with Crippen LogP contribution in [0.25, 0.3) is 0 Å². The van der Waals surface area contributed by atoms with E-state index in [1.165, 1.54) is 24.3 Å². The number of ether oxygens (including phenoxy) is 1. The normalized spacial score (nSPS) is 20.6. The average molecular weight is 290 g/mol. The predicted octanol–water partition coefficient (Wildman–Crippen LogP) is 1.55. The zero-order chi connectivity index (χ0) is 15.1. The Morgan fingerprint density at radius 1 is 0.952 bits per heavy atom. The molecule has 0 aromatic heterocycles. The molecule has 0 amide bonds. The summed E-state index contributed by atoms with van der Waals surface area (Å²) in [6.45, 7) is 0. The van der Waals surface area contributed by atoms with Gasteiger partial charge in [-0.25, -0.2) is 0 Å². The summed E-state index contributed by atoms with van der Waals surface area (Å²) in [5, 5.41) is 48.1. The molecule has 0 unspecified atom stereocenters. The van der Waals surface area contributed by atoms with Crippen LogP contribution in [-0.2, 0) is 6.42 Å². The zero-order valence-corrected chi connectivity index (χ0v) is 10.9. The highest BCUT2D eigenvalue weighted by Gasteiger charge is 2.31. The first-order chi connectivity index (χ1) is 9.95. The van der Waals surface area contributed by atoms with Gasteiger partial charge in [-0.05, 0) is 23.8 Å². The first kappa shape index (κ1) is 13.4. The third-order valence-corrected chi connectivity index (χ3v) is 3.50. The van der Waals surface area contributed by atoms with Crippen LogP contribution in [0.2, 0.25) is 0 Å². The fraction of sp³-hybridized carbons (Fsp3) is 0.200. The number of phenols is 4. The van der Waals surface area contributed by atoms with Crippen LogP contribution in [0.1, 0.15) is 17.2 Å². The van der Waals surface area contributed by atoms with Crippen LogP contribution < -0.4 is 4.74 Å². The van der Waals surface area contributed by atoms with Crippen molar-refractivity contribution in [1.82, 2.24) is 0 Å². The van der Waals surface area contributed by atoms with Crippen molar-refractivity contribution >= 4 is 0 Å². The van der Waals surface area contributed by atoms with E-state index in [1.807, 2.05) is 0 Å². The minimum absolute atomic E-state index is 0.0419. The predicted molar refractivity (Wildman–Crippen MR) is 72.6 cm³/mol. The number of hydrogen-bond acceptors (Lipinski definition) is 6. The maximum Gasteiger partial charge on any atom is 0.200 e. The second kappa shape index (κ2) is 4.75. The van der Waals surface area contributed by atoms with Gasteiger partial charge in [0.25, 0.3) is 0 Å². The van der Waals surface area contributed by atoms with Crippen LogP contribution in [0, 0.1) is 0 Å². The molecule has 2 atom stereocenters. The molecule has 1 aliphatic rings. The van der Waals surface area contributed by atoms with E-state index < -0.39 is 29.5 Å². The van der Waals surface area contributed by atoms with E-state index in [4.69, 9.17) is 4.74 Å². The zero-order valence-electron chi connectivity index (χ0n) is 10.9. The van der Waals surface area contributed by atoms with Crippen molar-refractivity contribution in [2.75, 3.05) is 0 Å². The number of rotatable bonds is 1. The molecule has 5 N–H and O–H groups in total. The minimum Gasteiger partial charge on any atom is -0.508 e. The van der Waals surface area contributed by atoms with E-state index in [2.05, 4.69) is 0 Å². The molecule has 0 radical (unpaired) electrons. The van der Waals surface area contributed by atoms with Gasteiger partial charge in [-0.15, -0.1) is 0 Å². The van der Waals surface area contributed by atoms with Crippen LogP contribution in [0.4, 0.5) is 0 Å². The van der Waals surface area contributed by atoms with Crippen LogP contribution in [0.15, 0.2) is 30.3 Å². The SMILES string of the molecule is Oc1ccc2c(c1)O[C@@H](c1cc(O)c(O)c(O)c1)[C@H](O)C2. The average Bonchev–Trinajstić information content (AvgIpc) is 2.44. The molecule has 21 heavy (non-hydrogen) atoms. The Kier molecular flexibility index (Phi) is 3.03. The lowest BCUT2D eigenvalue weighted by Gasteiger charge is -2.31. The van der Waals surface area contributed by atoms with E-state index in [-0.39, 0.29) is 5.75 Å². The quantitative estimate of drug-likeness (QED) is 0.510. The Labute approximate surface area is 120 Å². The molecule has 0 saturated heterocycles. The molecule has 6 heteroatoms. The molecule has 0 bridgehead atoms. The van der Waals surface area contributed by atoms with Crippen molar-refractivity contribution in [2.24, 2.45) is 0 Å². The molecule has 6 nitrogen and oxygen atoms in total. The van der Waals surface area contributed by atoms with Crippen molar-refractivity contribution in [3.63, 3.8) is 0 Å². The van der Waals surface area contributed by atoms with E-state index in [1.54, 1.807) is 6.07 Å². The summed E-state index contributed by atoms with van der Waals surface area (Å²) in [6.07, 6.45) is -1.40. The second-order valence-corrected chi connectivity index (χ2v) is 5.01. The van der Waals surface area contributed by atoms with E-state index >= 15 is 0 Å². The monoisotopic (exact) mass is 290 g/mol. The summed E-state index contributed by atoms with van der Waals surface area (Å²) in [5.41, 5.74) is 1.08. The molecular weight excluding hydrogens is 276 g/mol. The molecule has 3 rings (SSSR count). The number of fused-ring (bicyclic) bond motifs is 1. The van der Waals surface area contributed by atoms with Crippen molar-refractivity contribution in [2.45, 2.75) is 18.6 Å². The van der Waals surface area contributed by atoms with Crippen LogP contribution in [0.3, 0.4) is 0 Å². The molecule has 2 aromatic carbocycles. The van der Waals surface area contributed by atoms with Gasteiger partial charge in [-0.1, -0.05) is 6.07 Å². The molecule has 0 fully saturated rings. The third-order valence-electron chi connectivity index (χ3n) is 3.50.